The van der Waals surface area contributed by atoms with Crippen LogP contribution in [0.2, 0.25) is 5.02 Å². The minimum atomic E-state index is -1.38. The second-order valence-corrected chi connectivity index (χ2v) is 8.60. The van der Waals surface area contributed by atoms with E-state index in [1.54, 1.807) is 14.0 Å². The predicted molar refractivity (Wildman–Crippen MR) is 118 cm³/mol. The van der Waals surface area contributed by atoms with Gasteiger partial charge in [0.2, 0.25) is 11.8 Å². The number of carbonyl (C=O) groups is 1. The third kappa shape index (κ3) is 6.18. The Balaban J connectivity index is 1.49. The fraction of sp³-hybridized carbons (Fsp3) is 0.273. The molecule has 1 heterocycles. The van der Waals surface area contributed by atoms with Gasteiger partial charge in [-0.3, -0.25) is 9.00 Å². The number of benzene rings is 2. The first kappa shape index (κ1) is 22.1. The number of hydrogen-bond acceptors (Lipinski definition) is 5. The number of oxazole rings is 1. The van der Waals surface area contributed by atoms with Crippen LogP contribution in [0.25, 0.3) is 11.5 Å². The minimum Gasteiger partial charge on any atom is -0.497 e. The molecule has 158 valence electrons. The summed E-state index contributed by atoms with van der Waals surface area (Å²) in [6.07, 6.45) is 0.684. The van der Waals surface area contributed by atoms with Crippen LogP contribution >= 0.6 is 11.6 Å². The largest absolute Gasteiger partial charge is 0.497 e. The van der Waals surface area contributed by atoms with Gasteiger partial charge in [-0.2, -0.15) is 0 Å². The molecule has 0 radical (unpaired) electrons. The summed E-state index contributed by atoms with van der Waals surface area (Å²) in [5, 5.41) is 3.48. The summed E-state index contributed by atoms with van der Waals surface area (Å²) in [6, 6.07) is 14.8. The molecule has 1 amide bonds. The van der Waals surface area contributed by atoms with E-state index in [9.17, 15) is 9.00 Å². The lowest BCUT2D eigenvalue weighted by molar-refractivity contribution is -0.118. The number of aromatic nitrogens is 1. The lowest BCUT2D eigenvalue weighted by Gasteiger charge is -2.05. The third-order valence-electron chi connectivity index (χ3n) is 4.47. The van der Waals surface area contributed by atoms with Gasteiger partial charge in [0.25, 0.3) is 0 Å². The Bertz CT molecular complexity index is 1020. The number of ether oxygens (including phenoxy) is 1. The van der Waals surface area contributed by atoms with Crippen LogP contribution < -0.4 is 10.1 Å². The highest BCUT2D eigenvalue weighted by atomic mass is 35.5. The number of rotatable bonds is 9. The maximum absolute atomic E-state index is 12.4. The Labute approximate surface area is 183 Å². The van der Waals surface area contributed by atoms with Crippen LogP contribution in [0.5, 0.6) is 5.75 Å². The number of amides is 1. The van der Waals surface area contributed by atoms with Gasteiger partial charge in [0, 0.05) is 27.9 Å². The van der Waals surface area contributed by atoms with E-state index in [-0.39, 0.29) is 17.4 Å². The summed E-state index contributed by atoms with van der Waals surface area (Å²) in [6.45, 7) is 2.25. The molecule has 0 saturated heterocycles. The maximum atomic E-state index is 12.4. The topological polar surface area (TPSA) is 81.4 Å². The van der Waals surface area contributed by atoms with Crippen molar-refractivity contribution in [3.8, 4) is 17.2 Å². The van der Waals surface area contributed by atoms with Crippen LogP contribution in [0.4, 0.5) is 0 Å². The molecule has 8 heteroatoms. The molecule has 0 saturated carbocycles. The molecule has 30 heavy (non-hydrogen) atoms. The zero-order valence-corrected chi connectivity index (χ0v) is 18.4. The average Bonchev–Trinajstić information content (AvgIpc) is 3.09. The van der Waals surface area contributed by atoms with Gasteiger partial charge >= 0.3 is 0 Å². The zero-order chi connectivity index (χ0) is 21.5. The average molecular weight is 447 g/mol. The summed E-state index contributed by atoms with van der Waals surface area (Å²) in [5.41, 5.74) is 2.47. The molecule has 0 fully saturated rings. The molecule has 6 nitrogen and oxygen atoms in total. The molecule has 3 aromatic rings. The van der Waals surface area contributed by atoms with E-state index in [0.717, 1.165) is 16.9 Å². The lowest BCUT2D eigenvalue weighted by Crippen LogP contribution is -2.30. The first-order valence-corrected chi connectivity index (χ1v) is 11.3. The molecule has 0 aliphatic rings. The molecular weight excluding hydrogens is 424 g/mol. The second-order valence-electron chi connectivity index (χ2n) is 6.71. The Morgan fingerprint density at radius 3 is 2.53 bits per heavy atom. The number of hydrogen-bond donors (Lipinski definition) is 1. The van der Waals surface area contributed by atoms with E-state index in [4.69, 9.17) is 20.8 Å². The molecular formula is C22H23ClN2O4S. The summed E-state index contributed by atoms with van der Waals surface area (Å²) >= 11 is 5.86. The second kappa shape index (κ2) is 10.4. The normalized spacial score (nSPS) is 11.8. The molecule has 0 spiro atoms. The van der Waals surface area contributed by atoms with Crippen molar-refractivity contribution in [1.29, 1.82) is 0 Å². The van der Waals surface area contributed by atoms with E-state index >= 15 is 0 Å². The van der Waals surface area contributed by atoms with E-state index in [1.165, 1.54) is 0 Å². The number of aryl methyl sites for hydroxylation is 1. The SMILES string of the molecule is COc1ccc(-c2nc(C[S@](=O)CC(=O)NCCc3ccc(Cl)cc3)c(C)o2)cc1. The van der Waals surface area contributed by atoms with Gasteiger partial charge in [-0.25, -0.2) is 4.98 Å². The molecule has 0 aliphatic heterocycles. The summed E-state index contributed by atoms with van der Waals surface area (Å²) < 4.78 is 23.3. The standard InChI is InChI=1S/C22H23ClN2O4S/c1-15-20(25-22(29-15)17-5-9-19(28-2)10-6-17)13-30(27)14-21(26)24-12-11-16-3-7-18(23)8-4-16/h3-10H,11-14H2,1-2H3,(H,24,26)/t30-/m0/s1. The molecule has 3 rings (SSSR count). The van der Waals surface area contributed by atoms with E-state index < -0.39 is 10.8 Å². The van der Waals surface area contributed by atoms with Crippen molar-refractivity contribution >= 4 is 28.3 Å². The van der Waals surface area contributed by atoms with Gasteiger partial charge in [-0.1, -0.05) is 23.7 Å². The Hall–Kier alpha value is -2.64. The molecule has 1 N–H and O–H groups in total. The van der Waals surface area contributed by atoms with Crippen molar-refractivity contribution in [3.05, 3.63) is 70.6 Å². The molecule has 1 atom stereocenters. The van der Waals surface area contributed by atoms with Gasteiger partial charge in [0.1, 0.15) is 17.3 Å². The lowest BCUT2D eigenvalue weighted by atomic mass is 10.1. The highest BCUT2D eigenvalue weighted by molar-refractivity contribution is 7.84. The maximum Gasteiger partial charge on any atom is 0.232 e. The van der Waals surface area contributed by atoms with Crippen molar-refractivity contribution in [3.63, 3.8) is 0 Å². The van der Waals surface area contributed by atoms with Crippen LogP contribution in [-0.2, 0) is 27.8 Å². The molecule has 0 bridgehead atoms. The van der Waals surface area contributed by atoms with Crippen LogP contribution in [-0.4, -0.2) is 34.5 Å². The van der Waals surface area contributed by atoms with Crippen molar-refractivity contribution < 1.29 is 18.2 Å². The fourth-order valence-electron chi connectivity index (χ4n) is 2.82. The Morgan fingerprint density at radius 2 is 1.87 bits per heavy atom. The Morgan fingerprint density at radius 1 is 1.17 bits per heavy atom. The number of methoxy groups -OCH3 is 1. The quantitative estimate of drug-likeness (QED) is 0.538. The van der Waals surface area contributed by atoms with Crippen LogP contribution in [0.3, 0.4) is 0 Å². The number of nitrogens with one attached hydrogen (secondary N) is 1. The van der Waals surface area contributed by atoms with Crippen molar-refractivity contribution in [2.24, 2.45) is 0 Å². The number of halogens is 1. The highest BCUT2D eigenvalue weighted by Crippen LogP contribution is 2.24. The fourth-order valence-corrected chi connectivity index (χ4v) is 4.01. The highest BCUT2D eigenvalue weighted by Gasteiger charge is 2.16. The van der Waals surface area contributed by atoms with Crippen molar-refractivity contribution in [1.82, 2.24) is 10.3 Å². The summed E-state index contributed by atoms with van der Waals surface area (Å²) in [7, 11) is 0.220. The zero-order valence-electron chi connectivity index (χ0n) is 16.8. The predicted octanol–water partition coefficient (Wildman–Crippen LogP) is 3.92. The van der Waals surface area contributed by atoms with Crippen molar-refractivity contribution in [2.45, 2.75) is 19.1 Å². The smallest absolute Gasteiger partial charge is 0.232 e. The van der Waals surface area contributed by atoms with Gasteiger partial charge in [0.15, 0.2) is 0 Å². The van der Waals surface area contributed by atoms with Gasteiger partial charge < -0.3 is 14.5 Å². The van der Waals surface area contributed by atoms with Crippen molar-refractivity contribution in [2.75, 3.05) is 19.4 Å². The Kier molecular flexibility index (Phi) is 7.65. The van der Waals surface area contributed by atoms with Crippen LogP contribution in [0.15, 0.2) is 52.9 Å². The van der Waals surface area contributed by atoms with Crippen LogP contribution in [0, 0.1) is 6.92 Å². The first-order chi connectivity index (χ1) is 14.4. The molecule has 1 aromatic heterocycles. The monoisotopic (exact) mass is 446 g/mol. The van der Waals surface area contributed by atoms with E-state index in [1.807, 2.05) is 48.5 Å². The summed E-state index contributed by atoms with van der Waals surface area (Å²) in [4.78, 5) is 16.5. The van der Waals surface area contributed by atoms with E-state index in [2.05, 4.69) is 10.3 Å². The van der Waals surface area contributed by atoms with Crippen LogP contribution in [0.1, 0.15) is 17.0 Å². The minimum absolute atomic E-state index is 0.0786. The molecule has 2 aromatic carbocycles. The number of carbonyl (C=O) groups excluding carboxylic acids is 1. The van der Waals surface area contributed by atoms with E-state index in [0.29, 0.717) is 35.3 Å². The van der Waals surface area contributed by atoms with Gasteiger partial charge in [-0.05, 0) is 55.3 Å². The number of nitrogens with zero attached hydrogens (tertiary/aromatic N) is 1. The van der Waals surface area contributed by atoms with Gasteiger partial charge in [-0.15, -0.1) is 0 Å². The molecule has 0 unspecified atom stereocenters. The first-order valence-electron chi connectivity index (χ1n) is 9.41. The van der Waals surface area contributed by atoms with Gasteiger partial charge in [0.05, 0.1) is 18.6 Å². The summed E-state index contributed by atoms with van der Waals surface area (Å²) in [5.74, 6) is 1.62. The molecule has 0 aliphatic carbocycles. The third-order valence-corrected chi connectivity index (χ3v) is 5.90.